The van der Waals surface area contributed by atoms with Gasteiger partial charge in [-0.05, 0) is 39.2 Å². The van der Waals surface area contributed by atoms with Crippen LogP contribution in [0.1, 0.15) is 50.0 Å². The first-order valence-electron chi connectivity index (χ1n) is 8.14. The van der Waals surface area contributed by atoms with Crippen molar-refractivity contribution in [2.75, 3.05) is 26.2 Å². The van der Waals surface area contributed by atoms with E-state index in [1.54, 1.807) is 6.92 Å². The van der Waals surface area contributed by atoms with Crippen LogP contribution in [0.25, 0.3) is 0 Å². The van der Waals surface area contributed by atoms with Crippen molar-refractivity contribution in [1.82, 2.24) is 19.8 Å². The number of rotatable bonds is 2. The molecular formula is C16H26N4O. The van der Waals surface area contributed by atoms with Gasteiger partial charge < -0.3 is 9.88 Å². The van der Waals surface area contributed by atoms with Crippen LogP contribution in [0, 0.1) is 6.92 Å². The number of H-pyrrole nitrogens is 1. The van der Waals surface area contributed by atoms with Gasteiger partial charge in [0.05, 0.1) is 0 Å². The lowest BCUT2D eigenvalue weighted by atomic mass is 9.93. The molecule has 0 spiro atoms. The Hall–Kier alpha value is -1.36. The Kier molecular flexibility index (Phi) is 4.29. The molecule has 0 saturated carbocycles. The summed E-state index contributed by atoms with van der Waals surface area (Å²) in [4.78, 5) is 23.9. The van der Waals surface area contributed by atoms with Crippen molar-refractivity contribution in [3.05, 3.63) is 17.7 Å². The molecular weight excluding hydrogens is 264 g/mol. The number of amides is 1. The van der Waals surface area contributed by atoms with Crippen LogP contribution >= 0.6 is 0 Å². The highest BCUT2D eigenvalue weighted by Crippen LogP contribution is 2.28. The summed E-state index contributed by atoms with van der Waals surface area (Å²) in [5, 5.41) is 0. The van der Waals surface area contributed by atoms with Gasteiger partial charge in [0.25, 0.3) is 0 Å². The predicted molar refractivity (Wildman–Crippen MR) is 82.1 cm³/mol. The third-order valence-electron chi connectivity index (χ3n) is 4.99. The summed E-state index contributed by atoms with van der Waals surface area (Å²) in [7, 11) is 0. The Labute approximate surface area is 126 Å². The van der Waals surface area contributed by atoms with Crippen LogP contribution in [0.2, 0.25) is 0 Å². The van der Waals surface area contributed by atoms with E-state index in [-0.39, 0.29) is 5.91 Å². The first kappa shape index (κ1) is 14.6. The maximum absolute atomic E-state index is 11.4. The van der Waals surface area contributed by atoms with Crippen molar-refractivity contribution < 1.29 is 4.79 Å². The highest BCUT2D eigenvalue weighted by Gasteiger charge is 2.30. The number of nitrogens with one attached hydrogen (secondary N) is 1. The van der Waals surface area contributed by atoms with E-state index in [4.69, 9.17) is 0 Å². The summed E-state index contributed by atoms with van der Waals surface area (Å²) in [6, 6.07) is 0.638. The van der Waals surface area contributed by atoms with Gasteiger partial charge in [-0.25, -0.2) is 4.98 Å². The molecule has 0 bridgehead atoms. The lowest BCUT2D eigenvalue weighted by Gasteiger charge is -2.41. The summed E-state index contributed by atoms with van der Waals surface area (Å²) < 4.78 is 0. The summed E-state index contributed by atoms with van der Waals surface area (Å²) >= 11 is 0. The molecule has 1 N–H and O–H groups in total. The standard InChI is InChI=1S/C16H26N4O/c1-12-10-17-16(18-12)14-4-3-7-20(11-14)15-5-8-19(9-6-15)13(2)21/h10,14-15H,3-9,11H2,1-2H3,(H,17,18)/t14-/m0/s1. The van der Waals surface area contributed by atoms with Crippen LogP contribution in [-0.4, -0.2) is 57.9 Å². The maximum Gasteiger partial charge on any atom is 0.219 e. The average Bonchev–Trinajstić information content (AvgIpc) is 2.94. The second kappa shape index (κ2) is 6.18. The molecule has 21 heavy (non-hydrogen) atoms. The number of piperidine rings is 2. The van der Waals surface area contributed by atoms with Gasteiger partial charge in [0.1, 0.15) is 5.82 Å². The van der Waals surface area contributed by atoms with Crippen LogP contribution in [0.15, 0.2) is 6.20 Å². The zero-order chi connectivity index (χ0) is 14.8. The van der Waals surface area contributed by atoms with E-state index in [0.717, 1.165) is 44.0 Å². The van der Waals surface area contributed by atoms with E-state index in [1.165, 1.54) is 19.4 Å². The largest absolute Gasteiger partial charge is 0.346 e. The molecule has 1 aromatic heterocycles. The summed E-state index contributed by atoms with van der Waals surface area (Å²) in [5.41, 5.74) is 1.15. The van der Waals surface area contributed by atoms with E-state index in [0.29, 0.717) is 12.0 Å². The second-order valence-corrected chi connectivity index (χ2v) is 6.52. The molecule has 5 heteroatoms. The Morgan fingerprint density at radius 2 is 2.05 bits per heavy atom. The number of hydrogen-bond acceptors (Lipinski definition) is 3. The third kappa shape index (κ3) is 3.28. The number of imidazole rings is 1. The number of aromatic nitrogens is 2. The Bertz CT molecular complexity index is 490. The van der Waals surface area contributed by atoms with E-state index in [9.17, 15) is 4.79 Å². The highest BCUT2D eigenvalue weighted by molar-refractivity contribution is 5.73. The monoisotopic (exact) mass is 290 g/mol. The molecule has 2 saturated heterocycles. The van der Waals surface area contributed by atoms with Gasteiger partial charge in [0.2, 0.25) is 5.91 Å². The number of carbonyl (C=O) groups is 1. The third-order valence-corrected chi connectivity index (χ3v) is 4.99. The number of hydrogen-bond donors (Lipinski definition) is 1. The van der Waals surface area contributed by atoms with E-state index in [2.05, 4.69) is 21.8 Å². The summed E-state index contributed by atoms with van der Waals surface area (Å²) in [6.07, 6.45) is 6.64. The number of nitrogens with zero attached hydrogens (tertiary/aromatic N) is 3. The van der Waals surface area contributed by atoms with Gasteiger partial charge in [0, 0.05) is 50.4 Å². The first-order valence-corrected chi connectivity index (χ1v) is 8.14. The minimum absolute atomic E-state index is 0.219. The zero-order valence-corrected chi connectivity index (χ0v) is 13.1. The molecule has 1 aromatic rings. The molecule has 5 nitrogen and oxygen atoms in total. The highest BCUT2D eigenvalue weighted by atomic mass is 16.2. The first-order chi connectivity index (χ1) is 10.1. The minimum atomic E-state index is 0.219. The number of carbonyl (C=O) groups excluding carboxylic acids is 1. The van der Waals surface area contributed by atoms with Crippen molar-refractivity contribution in [3.8, 4) is 0 Å². The molecule has 2 fully saturated rings. The molecule has 2 aliphatic rings. The fraction of sp³-hybridized carbons (Fsp3) is 0.750. The van der Waals surface area contributed by atoms with E-state index >= 15 is 0 Å². The smallest absolute Gasteiger partial charge is 0.219 e. The minimum Gasteiger partial charge on any atom is -0.346 e. The Balaban J connectivity index is 1.58. The van der Waals surface area contributed by atoms with Crippen molar-refractivity contribution in [3.63, 3.8) is 0 Å². The van der Waals surface area contributed by atoms with Crippen molar-refractivity contribution >= 4 is 5.91 Å². The van der Waals surface area contributed by atoms with Gasteiger partial charge in [0.15, 0.2) is 0 Å². The lowest BCUT2D eigenvalue weighted by molar-refractivity contribution is -0.130. The topological polar surface area (TPSA) is 52.2 Å². The molecule has 2 aliphatic heterocycles. The predicted octanol–water partition coefficient (Wildman–Crippen LogP) is 1.91. The molecule has 1 atom stereocenters. The van der Waals surface area contributed by atoms with Gasteiger partial charge in [-0.2, -0.15) is 0 Å². The molecule has 3 rings (SSSR count). The SMILES string of the molecule is CC(=O)N1CCC(N2CCC[C@H](c3ncc(C)[nH]3)C2)CC1. The molecule has 1 amide bonds. The van der Waals surface area contributed by atoms with Crippen LogP contribution in [0.3, 0.4) is 0 Å². The van der Waals surface area contributed by atoms with E-state index in [1.807, 2.05) is 11.1 Å². The van der Waals surface area contributed by atoms with Gasteiger partial charge in [-0.15, -0.1) is 0 Å². The molecule has 3 heterocycles. The summed E-state index contributed by atoms with van der Waals surface area (Å²) in [6.45, 7) is 7.88. The van der Waals surface area contributed by atoms with Crippen LogP contribution in [0.4, 0.5) is 0 Å². The van der Waals surface area contributed by atoms with Gasteiger partial charge in [-0.1, -0.05) is 0 Å². The quantitative estimate of drug-likeness (QED) is 0.905. The molecule has 0 aromatic carbocycles. The summed E-state index contributed by atoms with van der Waals surface area (Å²) in [5.74, 6) is 1.91. The normalized spacial score (nSPS) is 25.2. The fourth-order valence-corrected chi connectivity index (χ4v) is 3.75. The van der Waals surface area contributed by atoms with Crippen LogP contribution < -0.4 is 0 Å². The van der Waals surface area contributed by atoms with E-state index < -0.39 is 0 Å². The molecule has 116 valence electrons. The van der Waals surface area contributed by atoms with Crippen molar-refractivity contribution in [1.29, 1.82) is 0 Å². The van der Waals surface area contributed by atoms with Crippen molar-refractivity contribution in [2.45, 2.75) is 51.5 Å². The zero-order valence-electron chi connectivity index (χ0n) is 13.1. The number of likely N-dealkylation sites (tertiary alicyclic amines) is 2. The van der Waals surface area contributed by atoms with Crippen molar-refractivity contribution in [2.24, 2.45) is 0 Å². The maximum atomic E-state index is 11.4. The number of aromatic amines is 1. The molecule has 0 aliphatic carbocycles. The molecule has 0 unspecified atom stereocenters. The number of aryl methyl sites for hydroxylation is 1. The Morgan fingerprint density at radius 1 is 1.29 bits per heavy atom. The average molecular weight is 290 g/mol. The molecule has 0 radical (unpaired) electrons. The van der Waals surface area contributed by atoms with Crippen LogP contribution in [-0.2, 0) is 4.79 Å². The Morgan fingerprint density at radius 3 is 2.67 bits per heavy atom. The second-order valence-electron chi connectivity index (χ2n) is 6.52. The van der Waals surface area contributed by atoms with Crippen LogP contribution in [0.5, 0.6) is 0 Å². The lowest BCUT2D eigenvalue weighted by Crippen LogP contribution is -2.49. The van der Waals surface area contributed by atoms with Gasteiger partial charge in [-0.3, -0.25) is 9.69 Å². The fourth-order valence-electron chi connectivity index (χ4n) is 3.75. The van der Waals surface area contributed by atoms with Gasteiger partial charge >= 0.3 is 0 Å².